The highest BCUT2D eigenvalue weighted by Gasteiger charge is 2.27. The normalized spacial score (nSPS) is 21.6. The Morgan fingerprint density at radius 3 is 3.08 bits per heavy atom. The van der Waals surface area contributed by atoms with Crippen LogP contribution >= 0.6 is 0 Å². The van der Waals surface area contributed by atoms with Crippen molar-refractivity contribution in [3.63, 3.8) is 0 Å². The Morgan fingerprint density at radius 1 is 1.69 bits per heavy atom. The maximum Gasteiger partial charge on any atom is 0.330 e. The summed E-state index contributed by atoms with van der Waals surface area (Å²) in [5, 5.41) is 5.66. The Labute approximate surface area is 76.1 Å². The van der Waals surface area contributed by atoms with Crippen LogP contribution in [0.15, 0.2) is 5.70 Å². The van der Waals surface area contributed by atoms with Gasteiger partial charge in [-0.15, -0.1) is 0 Å². The lowest BCUT2D eigenvalue weighted by atomic mass is 10.2. The van der Waals surface area contributed by atoms with Crippen LogP contribution in [0.3, 0.4) is 0 Å². The quantitative estimate of drug-likeness (QED) is 0.418. The molecular formula is C8H12N2O3. The van der Waals surface area contributed by atoms with E-state index in [4.69, 9.17) is 4.74 Å². The van der Waals surface area contributed by atoms with Gasteiger partial charge in [-0.05, 0) is 6.92 Å². The summed E-state index contributed by atoms with van der Waals surface area (Å²) in [5.74, 6) is 1.25. The SMILES string of the molecule is CCOC(=O)C1NCCNC1=C=O. The lowest BCUT2D eigenvalue weighted by molar-refractivity contribution is -0.144. The zero-order valence-electron chi connectivity index (χ0n) is 7.42. The minimum absolute atomic E-state index is 0.227. The lowest BCUT2D eigenvalue weighted by Gasteiger charge is -2.23. The van der Waals surface area contributed by atoms with E-state index in [1.165, 1.54) is 0 Å². The average Bonchev–Trinajstić information content (AvgIpc) is 2.18. The molecule has 1 heterocycles. The molecule has 0 saturated carbocycles. The van der Waals surface area contributed by atoms with Crippen molar-refractivity contribution >= 4 is 11.9 Å². The molecule has 2 N–H and O–H groups in total. The number of hydrogen-bond acceptors (Lipinski definition) is 5. The van der Waals surface area contributed by atoms with Gasteiger partial charge in [0.25, 0.3) is 0 Å². The van der Waals surface area contributed by atoms with Crippen LogP contribution in [0.25, 0.3) is 0 Å². The van der Waals surface area contributed by atoms with Crippen LogP contribution in [0, 0.1) is 0 Å². The molecule has 0 aromatic carbocycles. The Bertz CT molecular complexity index is 246. The number of nitrogens with one attached hydrogen (secondary N) is 2. The molecule has 1 aliphatic rings. The maximum absolute atomic E-state index is 11.2. The van der Waals surface area contributed by atoms with E-state index < -0.39 is 12.0 Å². The maximum atomic E-state index is 11.2. The van der Waals surface area contributed by atoms with E-state index in [0.717, 1.165) is 0 Å². The van der Waals surface area contributed by atoms with Crippen molar-refractivity contribution in [2.45, 2.75) is 13.0 Å². The molecule has 1 aliphatic heterocycles. The molecule has 0 radical (unpaired) electrons. The van der Waals surface area contributed by atoms with Crippen LogP contribution in [0.2, 0.25) is 0 Å². The van der Waals surface area contributed by atoms with Crippen LogP contribution in [-0.4, -0.2) is 37.6 Å². The molecule has 0 aromatic heterocycles. The van der Waals surface area contributed by atoms with Gasteiger partial charge in [-0.3, -0.25) is 5.32 Å². The van der Waals surface area contributed by atoms with Crippen molar-refractivity contribution in [1.82, 2.24) is 10.6 Å². The van der Waals surface area contributed by atoms with Gasteiger partial charge in [-0.2, -0.15) is 0 Å². The van der Waals surface area contributed by atoms with E-state index in [9.17, 15) is 9.59 Å². The summed E-state index contributed by atoms with van der Waals surface area (Å²) in [6.45, 7) is 3.29. The van der Waals surface area contributed by atoms with E-state index in [1.807, 2.05) is 0 Å². The van der Waals surface area contributed by atoms with Gasteiger partial charge in [0.2, 0.25) is 0 Å². The first-order valence-electron chi connectivity index (χ1n) is 4.18. The fourth-order valence-corrected chi connectivity index (χ4v) is 1.14. The van der Waals surface area contributed by atoms with Gasteiger partial charge in [-0.1, -0.05) is 0 Å². The molecule has 13 heavy (non-hydrogen) atoms. The molecule has 0 amide bonds. The monoisotopic (exact) mass is 184 g/mol. The highest BCUT2D eigenvalue weighted by molar-refractivity contribution is 5.82. The van der Waals surface area contributed by atoms with Crippen molar-refractivity contribution in [2.24, 2.45) is 0 Å². The van der Waals surface area contributed by atoms with E-state index in [0.29, 0.717) is 19.7 Å². The number of piperazine rings is 1. The highest BCUT2D eigenvalue weighted by atomic mass is 16.5. The number of ether oxygens (including phenoxy) is 1. The molecule has 1 unspecified atom stereocenters. The second kappa shape index (κ2) is 4.64. The van der Waals surface area contributed by atoms with Gasteiger partial charge in [0.15, 0.2) is 6.04 Å². The number of carbonyl (C=O) groups is 1. The second-order valence-corrected chi connectivity index (χ2v) is 2.58. The van der Waals surface area contributed by atoms with Gasteiger partial charge in [0, 0.05) is 13.1 Å². The summed E-state index contributed by atoms with van der Waals surface area (Å²) >= 11 is 0. The molecule has 0 bridgehead atoms. The second-order valence-electron chi connectivity index (χ2n) is 2.58. The molecule has 0 spiro atoms. The minimum atomic E-state index is -0.675. The molecule has 0 aliphatic carbocycles. The predicted molar refractivity (Wildman–Crippen MR) is 45.6 cm³/mol. The van der Waals surface area contributed by atoms with Crippen molar-refractivity contribution in [1.29, 1.82) is 0 Å². The molecule has 72 valence electrons. The number of rotatable bonds is 2. The molecule has 5 heteroatoms. The summed E-state index contributed by atoms with van der Waals surface area (Å²) in [6.07, 6.45) is 0. The first-order chi connectivity index (χ1) is 6.29. The van der Waals surface area contributed by atoms with Gasteiger partial charge in [0.1, 0.15) is 11.6 Å². The molecule has 0 aromatic rings. The summed E-state index contributed by atoms with van der Waals surface area (Å²) in [6, 6.07) is -0.675. The third kappa shape index (κ3) is 2.31. The Balaban J connectivity index is 2.64. The van der Waals surface area contributed by atoms with Crippen molar-refractivity contribution in [3.8, 4) is 0 Å². The van der Waals surface area contributed by atoms with Gasteiger partial charge >= 0.3 is 5.97 Å². The van der Waals surface area contributed by atoms with Gasteiger partial charge < -0.3 is 10.1 Å². The third-order valence-corrected chi connectivity index (χ3v) is 1.71. The fraction of sp³-hybridized carbons (Fsp3) is 0.625. The molecular weight excluding hydrogens is 172 g/mol. The fourth-order valence-electron chi connectivity index (χ4n) is 1.14. The van der Waals surface area contributed by atoms with E-state index >= 15 is 0 Å². The molecule has 1 fully saturated rings. The summed E-state index contributed by atoms with van der Waals surface area (Å²) in [7, 11) is 0. The van der Waals surface area contributed by atoms with E-state index in [-0.39, 0.29) is 5.70 Å². The summed E-state index contributed by atoms with van der Waals surface area (Å²) in [4.78, 5) is 21.6. The highest BCUT2D eigenvalue weighted by Crippen LogP contribution is 2.01. The number of hydrogen-bond donors (Lipinski definition) is 2. The smallest absolute Gasteiger partial charge is 0.330 e. The Kier molecular flexibility index (Phi) is 3.49. The minimum Gasteiger partial charge on any atom is -0.465 e. The largest absolute Gasteiger partial charge is 0.465 e. The zero-order chi connectivity index (χ0) is 9.68. The lowest BCUT2D eigenvalue weighted by Crippen LogP contribution is -2.51. The van der Waals surface area contributed by atoms with Gasteiger partial charge in [0.05, 0.1) is 6.61 Å². The molecule has 1 atom stereocenters. The summed E-state index contributed by atoms with van der Waals surface area (Å²) in [5.41, 5.74) is 0.227. The van der Waals surface area contributed by atoms with E-state index in [1.54, 1.807) is 12.9 Å². The standard InChI is InChI=1S/C8H12N2O3/c1-2-13-8(12)7-6(5-11)9-3-4-10-7/h7,9-10H,2-4H2,1H3. The molecule has 1 rings (SSSR count). The summed E-state index contributed by atoms with van der Waals surface area (Å²) < 4.78 is 4.77. The topological polar surface area (TPSA) is 67.4 Å². The Morgan fingerprint density at radius 2 is 2.46 bits per heavy atom. The first-order valence-corrected chi connectivity index (χ1v) is 4.18. The predicted octanol–water partition coefficient (Wildman–Crippen LogP) is -1.17. The number of carbonyl (C=O) groups excluding carboxylic acids is 2. The average molecular weight is 184 g/mol. The molecule has 5 nitrogen and oxygen atoms in total. The van der Waals surface area contributed by atoms with Crippen molar-refractivity contribution < 1.29 is 14.3 Å². The van der Waals surface area contributed by atoms with Crippen LogP contribution in [0.4, 0.5) is 0 Å². The van der Waals surface area contributed by atoms with Crippen LogP contribution < -0.4 is 10.6 Å². The van der Waals surface area contributed by atoms with Crippen LogP contribution in [-0.2, 0) is 14.3 Å². The Hall–Kier alpha value is -1.32. The first kappa shape index (κ1) is 9.77. The van der Waals surface area contributed by atoms with Crippen molar-refractivity contribution in [2.75, 3.05) is 19.7 Å². The van der Waals surface area contributed by atoms with Crippen LogP contribution in [0.5, 0.6) is 0 Å². The van der Waals surface area contributed by atoms with E-state index in [2.05, 4.69) is 10.6 Å². The van der Waals surface area contributed by atoms with Crippen LogP contribution in [0.1, 0.15) is 6.92 Å². The zero-order valence-corrected chi connectivity index (χ0v) is 7.42. The molecule has 1 saturated heterocycles. The number of esters is 1. The third-order valence-electron chi connectivity index (χ3n) is 1.71. The van der Waals surface area contributed by atoms with Crippen molar-refractivity contribution in [3.05, 3.63) is 5.70 Å². The van der Waals surface area contributed by atoms with Gasteiger partial charge in [-0.25, -0.2) is 9.59 Å².